The lowest BCUT2D eigenvalue weighted by molar-refractivity contribution is 0.112. The Hall–Kier alpha value is -0.120. The van der Waals surface area contributed by atoms with Crippen molar-refractivity contribution in [1.29, 1.82) is 0 Å². The van der Waals surface area contributed by atoms with Crippen molar-refractivity contribution >= 4 is 0 Å². The molecule has 1 saturated carbocycles. The summed E-state index contributed by atoms with van der Waals surface area (Å²) >= 11 is 0. The molecule has 2 atom stereocenters. The van der Waals surface area contributed by atoms with Gasteiger partial charge in [-0.2, -0.15) is 0 Å². The number of nitrogens with zero attached hydrogens (tertiary/aromatic N) is 2. The van der Waals surface area contributed by atoms with Crippen LogP contribution in [-0.2, 0) is 0 Å². The zero-order chi connectivity index (χ0) is 14.4. The van der Waals surface area contributed by atoms with E-state index in [1.165, 1.54) is 71.2 Å². The van der Waals surface area contributed by atoms with E-state index in [9.17, 15) is 0 Å². The molecule has 0 aromatic heterocycles. The fourth-order valence-corrected chi connectivity index (χ4v) is 4.26. The van der Waals surface area contributed by atoms with Crippen LogP contribution in [0.2, 0.25) is 0 Å². The lowest BCUT2D eigenvalue weighted by atomic mass is 9.80. The summed E-state index contributed by atoms with van der Waals surface area (Å²) in [5.74, 6) is 1.85. The summed E-state index contributed by atoms with van der Waals surface area (Å²) in [6.45, 7) is 12.1. The lowest BCUT2D eigenvalue weighted by Crippen LogP contribution is -2.42. The Morgan fingerprint density at radius 2 is 1.65 bits per heavy atom. The predicted octanol–water partition coefficient (Wildman–Crippen LogP) is 2.56. The highest BCUT2D eigenvalue weighted by atomic mass is 15.2. The first-order valence-corrected chi connectivity index (χ1v) is 8.85. The molecule has 2 aliphatic rings. The molecule has 0 spiro atoms. The molecule has 1 aliphatic carbocycles. The molecule has 2 unspecified atom stereocenters. The van der Waals surface area contributed by atoms with Gasteiger partial charge in [-0.1, -0.05) is 13.8 Å². The molecular weight excluding hydrogens is 246 g/mol. The highest BCUT2D eigenvalue weighted by Crippen LogP contribution is 2.31. The molecule has 0 amide bonds. The van der Waals surface area contributed by atoms with Crippen molar-refractivity contribution in [1.82, 2.24) is 9.80 Å². The maximum Gasteiger partial charge on any atom is 0.0112 e. The molecule has 1 saturated heterocycles. The summed E-state index contributed by atoms with van der Waals surface area (Å²) < 4.78 is 0. The van der Waals surface area contributed by atoms with Gasteiger partial charge in [0.1, 0.15) is 0 Å². The van der Waals surface area contributed by atoms with E-state index < -0.39 is 0 Å². The summed E-state index contributed by atoms with van der Waals surface area (Å²) in [5, 5.41) is 0. The molecule has 3 nitrogen and oxygen atoms in total. The third-order valence-electron chi connectivity index (χ3n) is 5.22. The topological polar surface area (TPSA) is 32.5 Å². The van der Waals surface area contributed by atoms with E-state index in [1.54, 1.807) is 0 Å². The second-order valence-corrected chi connectivity index (χ2v) is 7.30. The summed E-state index contributed by atoms with van der Waals surface area (Å²) in [5.41, 5.74) is 5.59. The van der Waals surface area contributed by atoms with Gasteiger partial charge < -0.3 is 10.6 Å². The summed E-state index contributed by atoms with van der Waals surface area (Å²) in [4.78, 5) is 5.46. The molecule has 118 valence electrons. The first-order valence-electron chi connectivity index (χ1n) is 8.85. The summed E-state index contributed by atoms with van der Waals surface area (Å²) in [6, 6.07) is 0.859. The van der Waals surface area contributed by atoms with Gasteiger partial charge in [0.05, 0.1) is 0 Å². The number of rotatable bonds is 5. The fourth-order valence-electron chi connectivity index (χ4n) is 4.26. The van der Waals surface area contributed by atoms with Crippen LogP contribution in [0.15, 0.2) is 0 Å². The van der Waals surface area contributed by atoms with Crippen molar-refractivity contribution in [2.24, 2.45) is 17.6 Å². The molecular formula is C17H35N3. The van der Waals surface area contributed by atoms with Gasteiger partial charge in [-0.25, -0.2) is 0 Å². The van der Waals surface area contributed by atoms with Gasteiger partial charge >= 0.3 is 0 Å². The van der Waals surface area contributed by atoms with E-state index in [1.807, 2.05) is 0 Å². The number of nitrogens with two attached hydrogens (primary N) is 1. The maximum atomic E-state index is 5.59. The van der Waals surface area contributed by atoms with E-state index in [0.717, 1.165) is 24.4 Å². The average molecular weight is 281 g/mol. The van der Waals surface area contributed by atoms with Crippen LogP contribution in [0.3, 0.4) is 0 Å². The van der Waals surface area contributed by atoms with Gasteiger partial charge in [-0.15, -0.1) is 0 Å². The van der Waals surface area contributed by atoms with Crippen LogP contribution in [0.25, 0.3) is 0 Å². The molecule has 2 N–H and O–H groups in total. The van der Waals surface area contributed by atoms with Crippen molar-refractivity contribution in [3.8, 4) is 0 Å². The van der Waals surface area contributed by atoms with Gasteiger partial charge in [-0.05, 0) is 76.5 Å². The Morgan fingerprint density at radius 1 is 0.900 bits per heavy atom. The molecule has 20 heavy (non-hydrogen) atoms. The zero-order valence-corrected chi connectivity index (χ0v) is 13.7. The number of hydrogen-bond donors (Lipinski definition) is 1. The smallest absolute Gasteiger partial charge is 0.0112 e. The van der Waals surface area contributed by atoms with Gasteiger partial charge in [0, 0.05) is 19.1 Å². The van der Waals surface area contributed by atoms with Crippen molar-refractivity contribution in [2.45, 2.75) is 58.4 Å². The Bertz CT molecular complexity index is 259. The van der Waals surface area contributed by atoms with Crippen molar-refractivity contribution in [3.63, 3.8) is 0 Å². The van der Waals surface area contributed by atoms with Crippen LogP contribution in [0.5, 0.6) is 0 Å². The average Bonchev–Trinajstić information content (AvgIpc) is 2.64. The summed E-state index contributed by atoms with van der Waals surface area (Å²) in [7, 11) is 0. The number of hydrogen-bond acceptors (Lipinski definition) is 3. The monoisotopic (exact) mass is 281 g/mol. The molecule has 2 fully saturated rings. The largest absolute Gasteiger partial charge is 0.330 e. The predicted molar refractivity (Wildman–Crippen MR) is 86.9 cm³/mol. The molecule has 0 aromatic rings. The molecule has 3 heteroatoms. The highest BCUT2D eigenvalue weighted by Gasteiger charge is 2.29. The molecule has 1 heterocycles. The first kappa shape index (κ1) is 16.3. The van der Waals surface area contributed by atoms with E-state index in [0.29, 0.717) is 0 Å². The fraction of sp³-hybridized carbons (Fsp3) is 1.00. The van der Waals surface area contributed by atoms with Gasteiger partial charge in [0.25, 0.3) is 0 Å². The van der Waals surface area contributed by atoms with E-state index >= 15 is 0 Å². The van der Waals surface area contributed by atoms with E-state index in [4.69, 9.17) is 5.73 Å². The van der Waals surface area contributed by atoms with Crippen LogP contribution in [-0.4, -0.2) is 55.1 Å². The second kappa shape index (κ2) is 8.35. The Kier molecular flexibility index (Phi) is 6.79. The molecule has 0 bridgehead atoms. The molecule has 0 aromatic carbocycles. The molecule has 1 aliphatic heterocycles. The SMILES string of the molecule is CC1CC(C)CC(N2CCCN(CCCCN)CC2)C1. The van der Waals surface area contributed by atoms with Gasteiger partial charge in [0.2, 0.25) is 0 Å². The summed E-state index contributed by atoms with van der Waals surface area (Å²) in [6.07, 6.45) is 8.10. The second-order valence-electron chi connectivity index (χ2n) is 7.30. The van der Waals surface area contributed by atoms with Gasteiger partial charge in [-0.3, -0.25) is 4.90 Å². The molecule has 0 radical (unpaired) electrons. The minimum Gasteiger partial charge on any atom is -0.330 e. The van der Waals surface area contributed by atoms with Crippen molar-refractivity contribution in [3.05, 3.63) is 0 Å². The number of unbranched alkanes of at least 4 members (excludes halogenated alkanes) is 1. The van der Waals surface area contributed by atoms with Crippen LogP contribution in [0, 0.1) is 11.8 Å². The van der Waals surface area contributed by atoms with Crippen LogP contribution in [0.4, 0.5) is 0 Å². The van der Waals surface area contributed by atoms with Gasteiger partial charge in [0.15, 0.2) is 0 Å². The van der Waals surface area contributed by atoms with Crippen LogP contribution >= 0.6 is 0 Å². The minimum atomic E-state index is 0.845. The Labute approximate surface area is 125 Å². The molecule has 2 rings (SSSR count). The highest BCUT2D eigenvalue weighted by molar-refractivity contribution is 4.84. The van der Waals surface area contributed by atoms with Crippen molar-refractivity contribution in [2.75, 3.05) is 39.3 Å². The van der Waals surface area contributed by atoms with Crippen LogP contribution < -0.4 is 5.73 Å². The minimum absolute atomic E-state index is 0.845. The third kappa shape index (κ3) is 5.01. The lowest BCUT2D eigenvalue weighted by Gasteiger charge is -2.38. The standard InChI is InChI=1S/C17H35N3/c1-15-12-16(2)14-17(13-15)20-9-5-8-19(10-11-20)7-4-3-6-18/h15-17H,3-14,18H2,1-2H3. The zero-order valence-electron chi connectivity index (χ0n) is 13.7. The normalized spacial score (nSPS) is 34.0. The maximum absolute atomic E-state index is 5.59. The first-order chi connectivity index (χ1) is 9.69. The van der Waals surface area contributed by atoms with Crippen molar-refractivity contribution < 1.29 is 0 Å². The quantitative estimate of drug-likeness (QED) is 0.786. The Balaban J connectivity index is 1.77. The van der Waals surface area contributed by atoms with Crippen LogP contribution in [0.1, 0.15) is 52.4 Å². The Morgan fingerprint density at radius 3 is 2.35 bits per heavy atom. The van der Waals surface area contributed by atoms with E-state index in [2.05, 4.69) is 23.6 Å². The third-order valence-corrected chi connectivity index (χ3v) is 5.22. The van der Waals surface area contributed by atoms with E-state index in [-0.39, 0.29) is 0 Å².